The molecule has 2 fully saturated rings. The van der Waals surface area contributed by atoms with Crippen LogP contribution in [0.5, 0.6) is 0 Å². The average Bonchev–Trinajstić information content (AvgIpc) is 3.38. The molecule has 6 heteroatoms. The van der Waals surface area contributed by atoms with Gasteiger partial charge in [0, 0.05) is 43.7 Å². The predicted octanol–water partition coefficient (Wildman–Crippen LogP) is 5.11. The van der Waals surface area contributed by atoms with Crippen molar-refractivity contribution in [3.8, 4) is 0 Å². The van der Waals surface area contributed by atoms with E-state index in [-0.39, 0.29) is 24.7 Å². The van der Waals surface area contributed by atoms with Crippen molar-refractivity contribution in [2.75, 3.05) is 18.4 Å². The van der Waals surface area contributed by atoms with Gasteiger partial charge in [0.2, 0.25) is 5.91 Å². The zero-order valence-electron chi connectivity index (χ0n) is 20.0. The van der Waals surface area contributed by atoms with Gasteiger partial charge in [0.1, 0.15) is 0 Å². The van der Waals surface area contributed by atoms with E-state index in [9.17, 15) is 9.90 Å². The number of hydrogen-bond acceptors (Lipinski definition) is 5. The maximum absolute atomic E-state index is 11.5. The van der Waals surface area contributed by atoms with Crippen LogP contribution in [0, 0.1) is 0 Å². The summed E-state index contributed by atoms with van der Waals surface area (Å²) in [5.41, 5.74) is 3.56. The van der Waals surface area contributed by atoms with Crippen molar-refractivity contribution in [2.24, 2.45) is 0 Å². The summed E-state index contributed by atoms with van der Waals surface area (Å²) < 4.78 is 13.0. The molecule has 1 aliphatic heterocycles. The van der Waals surface area contributed by atoms with Gasteiger partial charge in [0.05, 0.1) is 18.8 Å². The second kappa shape index (κ2) is 11.8. The molecule has 34 heavy (non-hydrogen) atoms. The zero-order valence-corrected chi connectivity index (χ0v) is 20.0. The molecule has 0 radical (unpaired) electrons. The topological polar surface area (TPSA) is 71.0 Å². The predicted molar refractivity (Wildman–Crippen MR) is 133 cm³/mol. The molecule has 2 aliphatic rings. The summed E-state index contributed by atoms with van der Waals surface area (Å²) in [6, 6.07) is 16.2. The van der Waals surface area contributed by atoms with Crippen molar-refractivity contribution < 1.29 is 19.4 Å². The maximum atomic E-state index is 11.5. The monoisotopic (exact) mass is 464 g/mol. The summed E-state index contributed by atoms with van der Waals surface area (Å²) in [5.74, 6) is -0.112. The largest absolute Gasteiger partial charge is 0.392 e. The smallest absolute Gasteiger partial charge is 0.221 e. The fourth-order valence-corrected chi connectivity index (χ4v) is 5.07. The van der Waals surface area contributed by atoms with Crippen LogP contribution in [0.2, 0.25) is 0 Å². The minimum Gasteiger partial charge on any atom is -0.392 e. The first-order valence-corrected chi connectivity index (χ1v) is 12.3. The summed E-state index contributed by atoms with van der Waals surface area (Å²) >= 11 is 0. The lowest BCUT2D eigenvalue weighted by Crippen LogP contribution is -2.43. The quantitative estimate of drug-likeness (QED) is 0.505. The summed E-state index contributed by atoms with van der Waals surface area (Å²) in [6.07, 6.45) is 7.08. The minimum absolute atomic E-state index is 0.00811. The number of anilines is 1. The first-order valence-electron chi connectivity index (χ1n) is 12.3. The second-order valence-electron chi connectivity index (χ2n) is 9.34. The van der Waals surface area contributed by atoms with Gasteiger partial charge in [-0.05, 0) is 36.1 Å². The number of carbonyl (C=O) groups is 1. The van der Waals surface area contributed by atoms with Gasteiger partial charge >= 0.3 is 0 Å². The molecule has 0 unspecified atom stereocenters. The number of aliphatic hydroxyl groups is 1. The molecule has 2 aromatic carbocycles. The molecule has 1 aliphatic carbocycles. The molecular formula is C28H36N2O4. The second-order valence-corrected chi connectivity index (χ2v) is 9.34. The maximum Gasteiger partial charge on any atom is 0.221 e. The molecule has 4 rings (SSSR count). The molecule has 1 saturated heterocycles. The Labute approximate surface area is 202 Å². The third-order valence-corrected chi connectivity index (χ3v) is 6.74. The highest BCUT2D eigenvalue weighted by atomic mass is 16.7. The lowest BCUT2D eigenvalue weighted by atomic mass is 9.99. The normalized spacial score (nSPS) is 23.2. The molecule has 3 atom stereocenters. The summed E-state index contributed by atoms with van der Waals surface area (Å²) in [5, 5.41) is 12.3. The SMILES string of the molecule is C=CCN(C[C@@H]1C[C@H](c2ccc(CO)cc2)O[C@H](c2cccc(NC(C)=O)c2)O1)C1CCCC1. The van der Waals surface area contributed by atoms with Crippen LogP contribution in [-0.2, 0) is 20.9 Å². The van der Waals surface area contributed by atoms with Crippen LogP contribution >= 0.6 is 0 Å². The number of nitrogens with zero attached hydrogens (tertiary/aromatic N) is 1. The number of rotatable bonds is 9. The minimum atomic E-state index is -0.538. The van der Waals surface area contributed by atoms with Crippen LogP contribution < -0.4 is 5.32 Å². The first kappa shape index (κ1) is 24.6. The fourth-order valence-electron chi connectivity index (χ4n) is 5.07. The third-order valence-electron chi connectivity index (χ3n) is 6.74. The van der Waals surface area contributed by atoms with E-state index in [1.807, 2.05) is 54.6 Å². The highest BCUT2D eigenvalue weighted by molar-refractivity contribution is 5.88. The van der Waals surface area contributed by atoms with E-state index in [4.69, 9.17) is 9.47 Å². The standard InChI is InChI=1S/C28H36N2O4/c1-3-15-30(25-9-4-5-10-25)18-26-17-27(22-13-11-21(19-31)12-14-22)34-28(33-26)23-7-6-8-24(16-23)29-20(2)32/h3,6-8,11-14,16,25-28,31H,1,4-5,9-10,15,17-19H2,2H3,(H,29,32)/t26-,27+,28+/m0/s1. The van der Waals surface area contributed by atoms with E-state index < -0.39 is 6.29 Å². The molecular weight excluding hydrogens is 428 g/mol. The Bertz CT molecular complexity index is 955. The summed E-state index contributed by atoms with van der Waals surface area (Å²) in [4.78, 5) is 14.1. The zero-order chi connectivity index (χ0) is 23.9. The van der Waals surface area contributed by atoms with Crippen molar-refractivity contribution in [3.63, 3.8) is 0 Å². The number of amides is 1. The van der Waals surface area contributed by atoms with E-state index in [1.54, 1.807) is 0 Å². The van der Waals surface area contributed by atoms with E-state index in [1.165, 1.54) is 32.6 Å². The number of hydrogen-bond donors (Lipinski definition) is 2. The molecule has 2 aromatic rings. The number of nitrogens with one attached hydrogen (secondary N) is 1. The van der Waals surface area contributed by atoms with E-state index in [0.717, 1.165) is 41.9 Å². The van der Waals surface area contributed by atoms with Crippen molar-refractivity contribution in [1.29, 1.82) is 0 Å². The molecule has 182 valence electrons. The fraction of sp³-hybridized carbons (Fsp3) is 0.464. The summed E-state index contributed by atoms with van der Waals surface area (Å²) in [6.45, 7) is 7.18. The van der Waals surface area contributed by atoms with E-state index >= 15 is 0 Å². The van der Waals surface area contributed by atoms with Crippen LogP contribution in [0.25, 0.3) is 0 Å². The number of ether oxygens (including phenoxy) is 2. The molecule has 2 N–H and O–H groups in total. The average molecular weight is 465 g/mol. The van der Waals surface area contributed by atoms with E-state index in [0.29, 0.717) is 6.04 Å². The van der Waals surface area contributed by atoms with Gasteiger partial charge in [0.15, 0.2) is 6.29 Å². The van der Waals surface area contributed by atoms with Gasteiger partial charge in [-0.3, -0.25) is 9.69 Å². The molecule has 0 spiro atoms. The highest BCUT2D eigenvalue weighted by Crippen LogP contribution is 2.39. The molecule has 1 amide bonds. The van der Waals surface area contributed by atoms with Crippen molar-refractivity contribution in [2.45, 2.75) is 70.2 Å². The third kappa shape index (κ3) is 6.33. The summed E-state index contributed by atoms with van der Waals surface area (Å²) in [7, 11) is 0. The first-order chi connectivity index (χ1) is 16.6. The molecule has 0 bridgehead atoms. The number of carbonyl (C=O) groups excluding carboxylic acids is 1. The van der Waals surface area contributed by atoms with Crippen molar-refractivity contribution >= 4 is 11.6 Å². The Balaban J connectivity index is 1.57. The Kier molecular flexibility index (Phi) is 8.51. The van der Waals surface area contributed by atoms with Crippen LogP contribution in [0.1, 0.15) is 68.1 Å². The van der Waals surface area contributed by atoms with Crippen molar-refractivity contribution in [3.05, 3.63) is 77.9 Å². The molecule has 6 nitrogen and oxygen atoms in total. The van der Waals surface area contributed by atoms with E-state index in [2.05, 4.69) is 16.8 Å². The van der Waals surface area contributed by atoms with Crippen molar-refractivity contribution in [1.82, 2.24) is 4.90 Å². The van der Waals surface area contributed by atoms with Gasteiger partial charge in [-0.1, -0.05) is 55.3 Å². The van der Waals surface area contributed by atoms with Gasteiger partial charge < -0.3 is 19.9 Å². The lowest BCUT2D eigenvalue weighted by molar-refractivity contribution is -0.253. The van der Waals surface area contributed by atoms with Gasteiger partial charge in [-0.15, -0.1) is 6.58 Å². The molecule has 1 saturated carbocycles. The molecule has 0 aromatic heterocycles. The van der Waals surface area contributed by atoms with Crippen LogP contribution in [0.3, 0.4) is 0 Å². The Morgan fingerprint density at radius 1 is 1.15 bits per heavy atom. The molecule has 1 heterocycles. The van der Waals surface area contributed by atoms with Crippen LogP contribution in [-0.4, -0.2) is 41.1 Å². The number of benzene rings is 2. The number of aliphatic hydroxyl groups excluding tert-OH is 1. The van der Waals surface area contributed by atoms with Gasteiger partial charge in [-0.25, -0.2) is 0 Å². The Morgan fingerprint density at radius 3 is 2.59 bits per heavy atom. The lowest BCUT2D eigenvalue weighted by Gasteiger charge is -2.39. The van der Waals surface area contributed by atoms with Gasteiger partial charge in [0.25, 0.3) is 0 Å². The van der Waals surface area contributed by atoms with Crippen LogP contribution in [0.4, 0.5) is 5.69 Å². The Morgan fingerprint density at radius 2 is 1.91 bits per heavy atom. The highest BCUT2D eigenvalue weighted by Gasteiger charge is 2.34. The Hall–Kier alpha value is -2.51. The van der Waals surface area contributed by atoms with Gasteiger partial charge in [-0.2, -0.15) is 0 Å². The van der Waals surface area contributed by atoms with Crippen LogP contribution in [0.15, 0.2) is 61.2 Å².